The molecule has 6 heteroatoms. The number of nitrogens with one attached hydrogen (secondary N) is 1. The molecule has 106 valence electrons. The standard InChI is InChI=1S/C12H22N2O3.ClH/c1-12(2,3)9-5-4-6-14(9)8-10(15)13-7-11(16)17;/h9H,4-8H2,1-3H3,(H,13,15)(H,16,17);1H. The van der Waals surface area contributed by atoms with Crippen molar-refractivity contribution in [2.24, 2.45) is 5.41 Å². The molecule has 0 aliphatic carbocycles. The number of carboxylic acid groups (broad SMARTS) is 1. The largest absolute Gasteiger partial charge is 0.480 e. The number of carbonyl (C=O) groups excluding carboxylic acids is 1. The average molecular weight is 279 g/mol. The second-order valence-electron chi connectivity index (χ2n) is 5.66. The summed E-state index contributed by atoms with van der Waals surface area (Å²) in [4.78, 5) is 24.0. The fourth-order valence-electron chi connectivity index (χ4n) is 2.41. The number of carboxylic acids is 1. The minimum Gasteiger partial charge on any atom is -0.480 e. The summed E-state index contributed by atoms with van der Waals surface area (Å²) in [6, 6.07) is 0.401. The fraction of sp³-hybridized carbons (Fsp3) is 0.833. The number of likely N-dealkylation sites (tertiary alicyclic amines) is 1. The molecule has 0 aromatic rings. The lowest BCUT2D eigenvalue weighted by Crippen LogP contribution is -2.45. The van der Waals surface area contributed by atoms with Crippen molar-refractivity contribution < 1.29 is 14.7 Å². The third-order valence-electron chi connectivity index (χ3n) is 3.15. The summed E-state index contributed by atoms with van der Waals surface area (Å²) in [6.07, 6.45) is 2.21. The van der Waals surface area contributed by atoms with Crippen molar-refractivity contribution in [1.29, 1.82) is 0 Å². The van der Waals surface area contributed by atoms with Gasteiger partial charge in [-0.1, -0.05) is 20.8 Å². The van der Waals surface area contributed by atoms with Crippen molar-refractivity contribution in [2.45, 2.75) is 39.7 Å². The maximum atomic E-state index is 11.6. The number of hydrogen-bond donors (Lipinski definition) is 2. The van der Waals surface area contributed by atoms with Crippen molar-refractivity contribution in [1.82, 2.24) is 10.2 Å². The summed E-state index contributed by atoms with van der Waals surface area (Å²) in [5, 5.41) is 10.9. The summed E-state index contributed by atoms with van der Waals surface area (Å²) < 4.78 is 0. The molecule has 1 heterocycles. The van der Waals surface area contributed by atoms with Crippen LogP contribution < -0.4 is 5.32 Å². The molecular weight excluding hydrogens is 256 g/mol. The van der Waals surface area contributed by atoms with Gasteiger partial charge in [0.2, 0.25) is 5.91 Å². The lowest BCUT2D eigenvalue weighted by atomic mass is 9.85. The van der Waals surface area contributed by atoms with Crippen molar-refractivity contribution in [3.63, 3.8) is 0 Å². The SMILES string of the molecule is CC(C)(C)C1CCCN1CC(=O)NCC(=O)O.Cl. The zero-order valence-corrected chi connectivity index (χ0v) is 12.0. The molecule has 5 nitrogen and oxygen atoms in total. The highest BCUT2D eigenvalue weighted by Gasteiger charge is 2.34. The smallest absolute Gasteiger partial charge is 0.322 e. The predicted molar refractivity (Wildman–Crippen MR) is 71.9 cm³/mol. The zero-order valence-electron chi connectivity index (χ0n) is 11.2. The molecule has 18 heavy (non-hydrogen) atoms. The van der Waals surface area contributed by atoms with Gasteiger partial charge in [-0.25, -0.2) is 0 Å². The average Bonchev–Trinajstić information content (AvgIpc) is 2.62. The van der Waals surface area contributed by atoms with E-state index in [1.54, 1.807) is 0 Å². The summed E-state index contributed by atoms with van der Waals surface area (Å²) >= 11 is 0. The normalized spacial score (nSPS) is 20.3. The van der Waals surface area contributed by atoms with E-state index in [1.807, 2.05) is 0 Å². The maximum Gasteiger partial charge on any atom is 0.322 e. The Labute approximate surface area is 114 Å². The van der Waals surface area contributed by atoms with Crippen LogP contribution in [-0.4, -0.2) is 47.6 Å². The molecule has 1 aliphatic rings. The van der Waals surface area contributed by atoms with E-state index in [9.17, 15) is 9.59 Å². The summed E-state index contributed by atoms with van der Waals surface area (Å²) in [5.74, 6) is -1.21. The molecule has 2 N–H and O–H groups in total. The number of nitrogens with zero attached hydrogens (tertiary/aromatic N) is 1. The molecule has 1 unspecified atom stereocenters. The molecule has 0 saturated carbocycles. The van der Waals surface area contributed by atoms with Gasteiger partial charge in [-0.15, -0.1) is 12.4 Å². The highest BCUT2D eigenvalue weighted by molar-refractivity contribution is 5.85. The summed E-state index contributed by atoms with van der Waals surface area (Å²) in [7, 11) is 0. The number of hydrogen-bond acceptors (Lipinski definition) is 3. The predicted octanol–water partition coefficient (Wildman–Crippen LogP) is 1.12. The molecule has 0 bridgehead atoms. The van der Waals surface area contributed by atoms with Gasteiger partial charge in [0.15, 0.2) is 0 Å². The van der Waals surface area contributed by atoms with Gasteiger partial charge in [0.05, 0.1) is 6.54 Å². The Hall–Kier alpha value is -0.810. The van der Waals surface area contributed by atoms with Gasteiger partial charge in [0.1, 0.15) is 6.54 Å². The Balaban J connectivity index is 0.00000289. The Bertz CT molecular complexity index is 302. The van der Waals surface area contributed by atoms with Crippen molar-refractivity contribution in [3.8, 4) is 0 Å². The number of carbonyl (C=O) groups is 2. The molecule has 0 spiro atoms. The Morgan fingerprint density at radius 1 is 1.39 bits per heavy atom. The number of amides is 1. The van der Waals surface area contributed by atoms with E-state index in [2.05, 4.69) is 31.0 Å². The molecule has 1 fully saturated rings. The Kier molecular flexibility index (Phi) is 6.63. The third kappa shape index (κ3) is 5.23. The second-order valence-corrected chi connectivity index (χ2v) is 5.66. The van der Waals surface area contributed by atoms with Crippen LogP contribution in [0.2, 0.25) is 0 Å². The van der Waals surface area contributed by atoms with E-state index in [0.717, 1.165) is 19.4 Å². The van der Waals surface area contributed by atoms with Crippen LogP contribution in [0.1, 0.15) is 33.6 Å². The van der Waals surface area contributed by atoms with Crippen LogP contribution in [0.25, 0.3) is 0 Å². The molecular formula is C12H23ClN2O3. The molecule has 1 amide bonds. The fourth-order valence-corrected chi connectivity index (χ4v) is 2.41. The van der Waals surface area contributed by atoms with Gasteiger partial charge < -0.3 is 10.4 Å². The van der Waals surface area contributed by atoms with Gasteiger partial charge in [-0.2, -0.15) is 0 Å². The van der Waals surface area contributed by atoms with Crippen LogP contribution in [0, 0.1) is 5.41 Å². The van der Waals surface area contributed by atoms with Crippen LogP contribution in [0.4, 0.5) is 0 Å². The zero-order chi connectivity index (χ0) is 13.1. The lowest BCUT2D eigenvalue weighted by molar-refractivity contribution is -0.138. The molecule has 1 rings (SSSR count). The first-order chi connectivity index (χ1) is 7.80. The Morgan fingerprint density at radius 3 is 2.50 bits per heavy atom. The van der Waals surface area contributed by atoms with Gasteiger partial charge in [0, 0.05) is 6.04 Å². The second kappa shape index (κ2) is 6.95. The van der Waals surface area contributed by atoms with Crippen molar-refractivity contribution in [2.75, 3.05) is 19.6 Å². The van der Waals surface area contributed by atoms with Crippen LogP contribution in [0.3, 0.4) is 0 Å². The molecule has 0 aromatic heterocycles. The molecule has 1 aliphatic heterocycles. The maximum absolute atomic E-state index is 11.6. The molecule has 1 atom stereocenters. The van der Waals surface area contributed by atoms with Crippen LogP contribution in [0.5, 0.6) is 0 Å². The van der Waals surface area contributed by atoms with Gasteiger partial charge in [0.25, 0.3) is 0 Å². The van der Waals surface area contributed by atoms with E-state index < -0.39 is 5.97 Å². The van der Waals surface area contributed by atoms with E-state index in [1.165, 1.54) is 0 Å². The number of rotatable bonds is 4. The summed E-state index contributed by atoms with van der Waals surface area (Å²) in [5.41, 5.74) is 0.156. The number of aliphatic carboxylic acids is 1. The van der Waals surface area contributed by atoms with Crippen molar-refractivity contribution >= 4 is 24.3 Å². The minimum atomic E-state index is -1.01. The monoisotopic (exact) mass is 278 g/mol. The Morgan fingerprint density at radius 2 is 2.00 bits per heavy atom. The van der Waals surface area contributed by atoms with E-state index >= 15 is 0 Å². The third-order valence-corrected chi connectivity index (χ3v) is 3.15. The van der Waals surface area contributed by atoms with Gasteiger partial charge in [-0.3, -0.25) is 14.5 Å². The quantitative estimate of drug-likeness (QED) is 0.809. The van der Waals surface area contributed by atoms with E-state index in [0.29, 0.717) is 12.6 Å². The molecule has 0 radical (unpaired) electrons. The van der Waals surface area contributed by atoms with Crippen LogP contribution in [0.15, 0.2) is 0 Å². The first-order valence-corrected chi connectivity index (χ1v) is 6.03. The van der Waals surface area contributed by atoms with E-state index in [-0.39, 0.29) is 30.3 Å². The highest BCUT2D eigenvalue weighted by Crippen LogP contribution is 2.32. The topological polar surface area (TPSA) is 69.6 Å². The van der Waals surface area contributed by atoms with E-state index in [4.69, 9.17) is 5.11 Å². The summed E-state index contributed by atoms with van der Waals surface area (Å²) in [6.45, 7) is 7.44. The molecule has 1 saturated heterocycles. The number of halogens is 1. The minimum absolute atomic E-state index is 0. The van der Waals surface area contributed by atoms with Gasteiger partial charge in [-0.05, 0) is 24.8 Å². The van der Waals surface area contributed by atoms with Crippen LogP contribution >= 0.6 is 12.4 Å². The molecule has 0 aromatic carbocycles. The van der Waals surface area contributed by atoms with Crippen LogP contribution in [-0.2, 0) is 9.59 Å². The lowest BCUT2D eigenvalue weighted by Gasteiger charge is -2.34. The highest BCUT2D eigenvalue weighted by atomic mass is 35.5. The first kappa shape index (κ1) is 17.2. The van der Waals surface area contributed by atoms with Gasteiger partial charge >= 0.3 is 5.97 Å². The first-order valence-electron chi connectivity index (χ1n) is 6.03. The van der Waals surface area contributed by atoms with Crippen molar-refractivity contribution in [3.05, 3.63) is 0 Å².